The number of Topliss-reactive ketones (excluding diaryl/α,β-unsaturated/α-hetero) is 1. The van der Waals surface area contributed by atoms with Gasteiger partial charge in [0.25, 0.3) is 11.8 Å². The van der Waals surface area contributed by atoms with E-state index in [0.29, 0.717) is 30.9 Å². The molecule has 0 radical (unpaired) electrons. The molecule has 2 unspecified atom stereocenters. The topological polar surface area (TPSA) is 137 Å². The van der Waals surface area contributed by atoms with Gasteiger partial charge in [0.1, 0.15) is 11.8 Å². The van der Waals surface area contributed by atoms with E-state index in [1.165, 1.54) is 39.8 Å². The Morgan fingerprint density at radius 1 is 0.974 bits per heavy atom. The van der Waals surface area contributed by atoms with Crippen molar-refractivity contribution in [3.8, 4) is 0 Å². The highest BCUT2D eigenvalue weighted by molar-refractivity contribution is 6.07. The van der Waals surface area contributed by atoms with Gasteiger partial charge < -0.3 is 20.9 Å². The summed E-state index contributed by atoms with van der Waals surface area (Å²) in [6.07, 6.45) is 10.1. The van der Waals surface area contributed by atoms with Crippen LogP contribution in [0, 0.1) is 0 Å². The van der Waals surface area contributed by atoms with Crippen molar-refractivity contribution < 1.29 is 28.8 Å². The van der Waals surface area contributed by atoms with Gasteiger partial charge in [0.2, 0.25) is 11.8 Å². The van der Waals surface area contributed by atoms with Crippen LogP contribution >= 0.6 is 0 Å². The molecule has 224 valence electrons. The van der Waals surface area contributed by atoms with Crippen LogP contribution in [0.15, 0.2) is 12.3 Å². The van der Waals surface area contributed by atoms with Crippen molar-refractivity contribution >= 4 is 29.4 Å². The molecule has 2 aliphatic rings. The molecule has 2 atom stereocenters. The van der Waals surface area contributed by atoms with Crippen LogP contribution in [0.4, 0.5) is 0 Å². The van der Waals surface area contributed by atoms with E-state index in [4.69, 9.17) is 4.84 Å². The number of amides is 4. The summed E-state index contributed by atoms with van der Waals surface area (Å²) in [6, 6.07) is -1.88. The van der Waals surface area contributed by atoms with Gasteiger partial charge in [0.15, 0.2) is 6.04 Å². The number of unbranched alkanes of at least 4 members (excludes halogenated alkanes) is 3. The van der Waals surface area contributed by atoms with E-state index in [1.807, 2.05) is 11.8 Å². The van der Waals surface area contributed by atoms with Gasteiger partial charge in [0.05, 0.1) is 20.2 Å². The summed E-state index contributed by atoms with van der Waals surface area (Å²) >= 11 is 0. The number of rotatable bonds is 8. The van der Waals surface area contributed by atoms with E-state index >= 15 is 0 Å². The molecule has 11 nitrogen and oxygen atoms in total. The molecule has 11 heteroatoms. The van der Waals surface area contributed by atoms with Gasteiger partial charge in [-0.25, -0.2) is 5.06 Å². The lowest BCUT2D eigenvalue weighted by atomic mass is 10.0. The van der Waals surface area contributed by atoms with E-state index in [-0.39, 0.29) is 19.0 Å². The zero-order valence-electron chi connectivity index (χ0n) is 24.9. The fourth-order valence-electron chi connectivity index (χ4n) is 3.73. The first-order chi connectivity index (χ1) is 18.6. The molecule has 4 amide bonds. The molecule has 0 bridgehead atoms. The van der Waals surface area contributed by atoms with Gasteiger partial charge >= 0.3 is 0 Å². The fraction of sp³-hybridized carbons (Fsp3) is 0.750. The average Bonchev–Trinajstić information content (AvgIpc) is 2.96. The summed E-state index contributed by atoms with van der Waals surface area (Å²) in [5.41, 5.74) is 0.580. The molecule has 39 heavy (non-hydrogen) atoms. The molecule has 0 aromatic rings. The Kier molecular flexibility index (Phi) is 19.4. The summed E-state index contributed by atoms with van der Waals surface area (Å²) in [5.74, 6) is -1.91. The number of nitrogens with zero attached hydrogens (tertiary/aromatic N) is 2. The lowest BCUT2D eigenvalue weighted by molar-refractivity contribution is -0.172. The summed E-state index contributed by atoms with van der Waals surface area (Å²) in [4.78, 5) is 66.6. The van der Waals surface area contributed by atoms with Gasteiger partial charge in [-0.3, -0.25) is 28.8 Å². The van der Waals surface area contributed by atoms with Crippen molar-refractivity contribution in [3.63, 3.8) is 0 Å². The van der Waals surface area contributed by atoms with E-state index in [0.717, 1.165) is 30.7 Å². The second kappa shape index (κ2) is 20.9. The second-order valence-electron chi connectivity index (χ2n) is 9.57. The van der Waals surface area contributed by atoms with Gasteiger partial charge in [0, 0.05) is 32.1 Å². The Morgan fingerprint density at radius 2 is 1.62 bits per heavy atom. The smallest absolute Gasteiger partial charge is 0.278 e. The maximum atomic E-state index is 12.4. The van der Waals surface area contributed by atoms with Crippen LogP contribution < -0.4 is 16.0 Å². The first-order valence-corrected chi connectivity index (χ1v) is 14.2. The maximum absolute atomic E-state index is 12.4. The minimum Gasteiger partial charge on any atom is -0.362 e. The number of likely N-dealkylation sites (N-methyl/N-ethyl adjacent to an activating group) is 1. The van der Waals surface area contributed by atoms with E-state index < -0.39 is 29.8 Å². The lowest BCUT2D eigenvalue weighted by Gasteiger charge is -2.38. The van der Waals surface area contributed by atoms with Gasteiger partial charge in [-0.2, -0.15) is 0 Å². The van der Waals surface area contributed by atoms with E-state index in [2.05, 4.69) is 43.3 Å². The molecule has 2 saturated heterocycles. The fourth-order valence-corrected chi connectivity index (χ4v) is 3.73. The number of nitrogens with one attached hydrogen (secondary N) is 3. The monoisotopic (exact) mass is 553 g/mol. The Balaban J connectivity index is 0.000000923. The Bertz CT molecular complexity index is 801. The number of hydrogen-bond donors (Lipinski definition) is 3. The Hall–Kier alpha value is -2.95. The summed E-state index contributed by atoms with van der Waals surface area (Å²) in [7, 11) is 2.60. The number of carbonyl (C=O) groups excluding carboxylic acids is 5. The standard InChI is InChI=1S/C16H25N5O5.C8H16O.C4H10/c1-10-8-17-15(24)13(16(25)20(2)26-3)19-12(22)9-18-14(23)11-6-4-5-7-21(10)11;1-3-5-6-7-8(9)4-2;1-3-4-2/h11,13H,1,4-9H2,2-3H3,(H,17,24)(H,18,23)(H,19,22);3-7H2,1-2H3;3-4H2,1-2H3. The molecule has 0 aromatic carbocycles. The van der Waals surface area contributed by atoms with E-state index in [1.54, 1.807) is 0 Å². The summed E-state index contributed by atoms with van der Waals surface area (Å²) in [5, 5.41) is 8.34. The Morgan fingerprint density at radius 3 is 2.18 bits per heavy atom. The molecule has 2 fully saturated rings. The highest BCUT2D eigenvalue weighted by atomic mass is 16.7. The van der Waals surface area contributed by atoms with Gasteiger partial charge in [-0.05, 0) is 25.7 Å². The summed E-state index contributed by atoms with van der Waals surface area (Å²) in [6.45, 7) is 12.8. The molecule has 2 heterocycles. The number of hydrogen-bond acceptors (Lipinski definition) is 7. The van der Waals surface area contributed by atoms with Crippen LogP contribution in [0.1, 0.15) is 91.9 Å². The highest BCUT2D eigenvalue weighted by Gasteiger charge is 2.34. The SMILES string of the molecule is C=C1CNC(=O)C(C(=O)N(C)OC)NC(=O)CNC(=O)C2CCCCN12.CCCC.CCCCCC(=O)CC. The highest BCUT2D eigenvalue weighted by Crippen LogP contribution is 2.21. The van der Waals surface area contributed by atoms with Crippen molar-refractivity contribution in [2.24, 2.45) is 0 Å². The van der Waals surface area contributed by atoms with Crippen molar-refractivity contribution in [1.82, 2.24) is 25.9 Å². The molecule has 2 rings (SSSR count). The molecular formula is C28H51N5O6. The van der Waals surface area contributed by atoms with Crippen molar-refractivity contribution in [2.45, 2.75) is 104 Å². The molecule has 0 saturated carbocycles. The summed E-state index contributed by atoms with van der Waals surface area (Å²) < 4.78 is 0. The predicted octanol–water partition coefficient (Wildman–Crippen LogP) is 2.46. The van der Waals surface area contributed by atoms with Crippen LogP contribution in [0.5, 0.6) is 0 Å². The largest absolute Gasteiger partial charge is 0.362 e. The zero-order valence-corrected chi connectivity index (χ0v) is 24.9. The quantitative estimate of drug-likeness (QED) is 0.239. The first kappa shape index (κ1) is 36.0. The molecule has 0 aromatic heterocycles. The molecule has 0 spiro atoms. The minimum absolute atomic E-state index is 0.0684. The maximum Gasteiger partial charge on any atom is 0.278 e. The van der Waals surface area contributed by atoms with Crippen LogP contribution in [0.2, 0.25) is 0 Å². The average molecular weight is 554 g/mol. The lowest BCUT2D eigenvalue weighted by Crippen LogP contribution is -2.59. The molecular weight excluding hydrogens is 502 g/mol. The van der Waals surface area contributed by atoms with Crippen LogP contribution in [0.3, 0.4) is 0 Å². The van der Waals surface area contributed by atoms with Crippen LogP contribution in [-0.2, 0) is 28.8 Å². The number of fused-ring (bicyclic) bond motifs is 1. The van der Waals surface area contributed by atoms with Gasteiger partial charge in [-0.15, -0.1) is 0 Å². The van der Waals surface area contributed by atoms with Crippen molar-refractivity contribution in [1.29, 1.82) is 0 Å². The first-order valence-electron chi connectivity index (χ1n) is 14.2. The molecule has 3 N–H and O–H groups in total. The normalized spacial score (nSPS) is 19.7. The van der Waals surface area contributed by atoms with Crippen LogP contribution in [0.25, 0.3) is 0 Å². The Labute approximate surface area is 234 Å². The number of piperidine rings is 1. The molecule has 0 aliphatic carbocycles. The van der Waals surface area contributed by atoms with E-state index in [9.17, 15) is 24.0 Å². The third-order valence-corrected chi connectivity index (χ3v) is 6.45. The second-order valence-corrected chi connectivity index (χ2v) is 9.57. The number of hydroxylamine groups is 2. The minimum atomic E-state index is -1.46. The van der Waals surface area contributed by atoms with Crippen LogP contribution in [-0.4, -0.2) is 85.3 Å². The van der Waals surface area contributed by atoms with Crippen molar-refractivity contribution in [3.05, 3.63) is 12.3 Å². The number of carbonyl (C=O) groups is 5. The predicted molar refractivity (Wildman–Crippen MR) is 151 cm³/mol. The van der Waals surface area contributed by atoms with Gasteiger partial charge in [-0.1, -0.05) is 60.0 Å². The zero-order chi connectivity index (χ0) is 29.8. The van der Waals surface area contributed by atoms with Crippen molar-refractivity contribution in [2.75, 3.05) is 33.8 Å². The third kappa shape index (κ3) is 14.1. The molecule has 2 aliphatic heterocycles. The third-order valence-electron chi connectivity index (χ3n) is 6.45. The number of ketones is 1.